The van der Waals surface area contributed by atoms with Crippen LogP contribution in [0.25, 0.3) is 20.7 Å². The van der Waals surface area contributed by atoms with Gasteiger partial charge in [0.1, 0.15) is 4.83 Å². The van der Waals surface area contributed by atoms with Crippen LogP contribution in [0.5, 0.6) is 0 Å². The SMILES string of the molecule is Cn1c(SCC(=O)N2CCN(C(=O)c3ccco3)CC2)nc2scc(-c3cccs3)c2c1=O. The Kier molecular flexibility index (Phi) is 6.09. The molecule has 5 rings (SSSR count). The van der Waals surface area contributed by atoms with Crippen LogP contribution in [0, 0.1) is 0 Å². The molecule has 170 valence electrons. The summed E-state index contributed by atoms with van der Waals surface area (Å²) in [6.07, 6.45) is 1.47. The quantitative estimate of drug-likeness (QED) is 0.308. The van der Waals surface area contributed by atoms with Gasteiger partial charge in [-0.25, -0.2) is 4.98 Å². The Hall–Kier alpha value is -2.89. The molecule has 1 fully saturated rings. The van der Waals surface area contributed by atoms with Crippen molar-refractivity contribution >= 4 is 56.5 Å². The van der Waals surface area contributed by atoms with Gasteiger partial charge in [-0.15, -0.1) is 22.7 Å². The standard InChI is InChI=1S/C22H20N4O4S3/c1-24-21(29)18-14(16-5-3-11-31-16)12-32-19(18)23-22(24)33-13-17(27)25-6-8-26(9-7-25)20(28)15-4-2-10-30-15/h2-5,10-12H,6-9,13H2,1H3. The summed E-state index contributed by atoms with van der Waals surface area (Å²) in [4.78, 5) is 48.0. The smallest absolute Gasteiger partial charge is 0.289 e. The Balaban J connectivity index is 1.24. The molecule has 0 saturated carbocycles. The van der Waals surface area contributed by atoms with Gasteiger partial charge in [0.15, 0.2) is 10.9 Å². The molecule has 1 saturated heterocycles. The third-order valence-electron chi connectivity index (χ3n) is 5.54. The lowest BCUT2D eigenvalue weighted by Crippen LogP contribution is -2.51. The van der Waals surface area contributed by atoms with E-state index in [0.29, 0.717) is 47.3 Å². The fourth-order valence-corrected chi connectivity index (χ4v) is 6.41. The molecule has 2 amide bonds. The van der Waals surface area contributed by atoms with Gasteiger partial charge in [0.2, 0.25) is 5.91 Å². The summed E-state index contributed by atoms with van der Waals surface area (Å²) in [5, 5.41) is 5.10. The highest BCUT2D eigenvalue weighted by Gasteiger charge is 2.26. The normalized spacial score (nSPS) is 14.2. The first-order valence-corrected chi connectivity index (χ1v) is 13.0. The lowest BCUT2D eigenvalue weighted by atomic mass is 10.2. The van der Waals surface area contributed by atoms with Gasteiger partial charge in [-0.3, -0.25) is 19.0 Å². The second-order valence-electron chi connectivity index (χ2n) is 7.50. The Morgan fingerprint density at radius 2 is 1.91 bits per heavy atom. The highest BCUT2D eigenvalue weighted by atomic mass is 32.2. The monoisotopic (exact) mass is 500 g/mol. The number of aromatic nitrogens is 2. The maximum atomic E-state index is 13.1. The molecule has 0 radical (unpaired) electrons. The van der Waals surface area contributed by atoms with Gasteiger partial charge in [0.25, 0.3) is 11.5 Å². The number of hydrogen-bond acceptors (Lipinski definition) is 8. The summed E-state index contributed by atoms with van der Waals surface area (Å²) in [6.45, 7) is 1.84. The van der Waals surface area contributed by atoms with Crippen LogP contribution in [0.15, 0.2) is 55.7 Å². The minimum atomic E-state index is -0.160. The second kappa shape index (κ2) is 9.16. The first kappa shape index (κ1) is 21.9. The first-order chi connectivity index (χ1) is 16.0. The average Bonchev–Trinajstić information content (AvgIpc) is 3.61. The molecular weight excluding hydrogens is 480 g/mol. The van der Waals surface area contributed by atoms with Crippen LogP contribution in [0.3, 0.4) is 0 Å². The number of furan rings is 1. The number of fused-ring (bicyclic) bond motifs is 1. The topological polar surface area (TPSA) is 88.7 Å². The molecule has 0 bridgehead atoms. The van der Waals surface area contributed by atoms with Crippen LogP contribution in [-0.4, -0.2) is 63.1 Å². The molecule has 11 heteroatoms. The number of piperazine rings is 1. The first-order valence-electron chi connectivity index (χ1n) is 10.3. The van der Waals surface area contributed by atoms with Crippen molar-refractivity contribution in [3.8, 4) is 10.4 Å². The number of thioether (sulfide) groups is 1. The number of carbonyl (C=O) groups excluding carboxylic acids is 2. The molecular formula is C22H20N4O4S3. The zero-order chi connectivity index (χ0) is 22.9. The van der Waals surface area contributed by atoms with Crippen LogP contribution in [-0.2, 0) is 11.8 Å². The summed E-state index contributed by atoms with van der Waals surface area (Å²) in [5.41, 5.74) is 0.803. The van der Waals surface area contributed by atoms with Crippen LogP contribution in [0.4, 0.5) is 0 Å². The van der Waals surface area contributed by atoms with Gasteiger partial charge < -0.3 is 14.2 Å². The van der Waals surface area contributed by atoms with Crippen molar-refractivity contribution in [3.05, 3.63) is 57.4 Å². The number of hydrogen-bond donors (Lipinski definition) is 0. The van der Waals surface area contributed by atoms with Crippen molar-refractivity contribution in [1.82, 2.24) is 19.4 Å². The van der Waals surface area contributed by atoms with Crippen molar-refractivity contribution in [3.63, 3.8) is 0 Å². The summed E-state index contributed by atoms with van der Waals surface area (Å²) < 4.78 is 6.69. The Bertz CT molecular complexity index is 1350. The number of carbonyl (C=O) groups is 2. The van der Waals surface area contributed by atoms with E-state index in [2.05, 4.69) is 4.98 Å². The molecule has 8 nitrogen and oxygen atoms in total. The predicted octanol–water partition coefficient (Wildman–Crippen LogP) is 3.39. The number of rotatable bonds is 5. The second-order valence-corrected chi connectivity index (χ2v) is 10.3. The van der Waals surface area contributed by atoms with E-state index in [1.165, 1.54) is 33.9 Å². The summed E-state index contributed by atoms with van der Waals surface area (Å²) in [6, 6.07) is 7.28. The molecule has 0 atom stereocenters. The van der Waals surface area contributed by atoms with Crippen molar-refractivity contribution in [1.29, 1.82) is 0 Å². The van der Waals surface area contributed by atoms with E-state index < -0.39 is 0 Å². The summed E-state index contributed by atoms with van der Waals surface area (Å²) in [7, 11) is 1.69. The van der Waals surface area contributed by atoms with Gasteiger partial charge in [-0.2, -0.15) is 0 Å². The highest BCUT2D eigenvalue weighted by molar-refractivity contribution is 7.99. The maximum absolute atomic E-state index is 13.1. The molecule has 5 heterocycles. The van der Waals surface area contributed by atoms with Crippen LogP contribution in [0.2, 0.25) is 0 Å². The molecule has 33 heavy (non-hydrogen) atoms. The van der Waals surface area contributed by atoms with E-state index in [9.17, 15) is 14.4 Å². The minimum absolute atomic E-state index is 0.0371. The lowest BCUT2D eigenvalue weighted by molar-refractivity contribution is -0.129. The third-order valence-corrected chi connectivity index (χ3v) is 8.33. The summed E-state index contributed by atoms with van der Waals surface area (Å²) >= 11 is 4.30. The molecule has 1 aliphatic rings. The average molecular weight is 501 g/mol. The highest BCUT2D eigenvalue weighted by Crippen LogP contribution is 2.34. The van der Waals surface area contributed by atoms with E-state index in [0.717, 1.165) is 10.4 Å². The fraction of sp³-hybridized carbons (Fsp3) is 0.273. The Labute approximate surface area is 201 Å². The summed E-state index contributed by atoms with van der Waals surface area (Å²) in [5.74, 6) is 0.293. The van der Waals surface area contributed by atoms with Crippen LogP contribution < -0.4 is 5.56 Å². The fourth-order valence-electron chi connectivity index (χ4n) is 3.73. The number of nitrogens with zero attached hydrogens (tertiary/aromatic N) is 4. The largest absolute Gasteiger partial charge is 0.459 e. The van der Waals surface area contributed by atoms with Crippen molar-refractivity contribution < 1.29 is 14.0 Å². The van der Waals surface area contributed by atoms with Gasteiger partial charge in [-0.05, 0) is 23.6 Å². The van der Waals surface area contributed by atoms with Crippen LogP contribution in [0.1, 0.15) is 10.6 Å². The molecule has 1 aliphatic heterocycles. The molecule has 4 aromatic heterocycles. The third kappa shape index (κ3) is 4.23. The molecule has 0 unspecified atom stereocenters. The van der Waals surface area contributed by atoms with Gasteiger partial charge >= 0.3 is 0 Å². The van der Waals surface area contributed by atoms with E-state index >= 15 is 0 Å². The zero-order valence-electron chi connectivity index (χ0n) is 17.7. The molecule has 0 aliphatic carbocycles. The Morgan fingerprint density at radius 1 is 1.12 bits per heavy atom. The number of thiophene rings is 2. The van der Waals surface area contributed by atoms with Gasteiger partial charge in [-0.1, -0.05) is 17.8 Å². The van der Waals surface area contributed by atoms with E-state index in [1.54, 1.807) is 40.3 Å². The lowest BCUT2D eigenvalue weighted by Gasteiger charge is -2.34. The maximum Gasteiger partial charge on any atom is 0.289 e. The Morgan fingerprint density at radius 3 is 2.61 bits per heavy atom. The van der Waals surface area contributed by atoms with E-state index in [1.807, 2.05) is 22.9 Å². The molecule has 0 N–H and O–H groups in total. The van der Waals surface area contributed by atoms with Crippen molar-refractivity contribution in [2.75, 3.05) is 31.9 Å². The molecule has 4 aromatic rings. The molecule has 0 aromatic carbocycles. The minimum Gasteiger partial charge on any atom is -0.459 e. The van der Waals surface area contributed by atoms with Crippen molar-refractivity contribution in [2.24, 2.45) is 7.05 Å². The predicted molar refractivity (Wildman–Crippen MR) is 130 cm³/mol. The van der Waals surface area contributed by atoms with Gasteiger partial charge in [0, 0.05) is 49.0 Å². The molecule has 0 spiro atoms. The van der Waals surface area contributed by atoms with Crippen LogP contribution >= 0.6 is 34.4 Å². The van der Waals surface area contributed by atoms with Crippen molar-refractivity contribution in [2.45, 2.75) is 5.16 Å². The van der Waals surface area contributed by atoms with Gasteiger partial charge in [0.05, 0.1) is 17.4 Å². The van der Waals surface area contributed by atoms with E-state index in [4.69, 9.17) is 4.42 Å². The van der Waals surface area contributed by atoms with E-state index in [-0.39, 0.29) is 23.1 Å². The zero-order valence-corrected chi connectivity index (χ0v) is 20.2. The number of amides is 2.